The number of hydrogen-bond donors (Lipinski definition) is 2. The fourth-order valence-corrected chi connectivity index (χ4v) is 4.88. The summed E-state index contributed by atoms with van der Waals surface area (Å²) >= 11 is 1.13. The predicted molar refractivity (Wildman–Crippen MR) is 117 cm³/mol. The molecule has 0 saturated carbocycles. The van der Waals surface area contributed by atoms with Gasteiger partial charge < -0.3 is 14.8 Å². The molecule has 1 heterocycles. The van der Waals surface area contributed by atoms with E-state index in [-0.39, 0.29) is 10.1 Å². The van der Waals surface area contributed by atoms with E-state index in [4.69, 9.17) is 9.47 Å². The highest BCUT2D eigenvalue weighted by Crippen LogP contribution is 2.24. The van der Waals surface area contributed by atoms with Crippen molar-refractivity contribution in [3.63, 3.8) is 0 Å². The standard InChI is InChI=1S/C21H22N2O5S2/c1-27-18-8-9-19(28-2)15(14-18)10-11-22-21(24)16-5-3-6-17(13-16)23-30(25,26)20-7-4-12-29-20/h3-9,12-14,23H,10-11H2,1-2H3,(H,22,24). The highest BCUT2D eigenvalue weighted by molar-refractivity contribution is 7.94. The van der Waals surface area contributed by atoms with E-state index >= 15 is 0 Å². The van der Waals surface area contributed by atoms with Gasteiger partial charge in [0.05, 0.1) is 14.2 Å². The number of ether oxygens (including phenoxy) is 2. The number of amides is 1. The second-order valence-corrected chi connectivity index (χ2v) is 9.16. The Labute approximate surface area is 179 Å². The zero-order valence-electron chi connectivity index (χ0n) is 16.5. The van der Waals surface area contributed by atoms with Gasteiger partial charge in [-0.3, -0.25) is 9.52 Å². The second kappa shape index (κ2) is 9.64. The molecule has 0 saturated heterocycles. The molecule has 0 spiro atoms. The summed E-state index contributed by atoms with van der Waals surface area (Å²) in [6.07, 6.45) is 0.552. The summed E-state index contributed by atoms with van der Waals surface area (Å²) in [4.78, 5) is 12.5. The maximum Gasteiger partial charge on any atom is 0.271 e. The lowest BCUT2D eigenvalue weighted by Gasteiger charge is -2.12. The van der Waals surface area contributed by atoms with Gasteiger partial charge >= 0.3 is 0 Å². The first-order chi connectivity index (χ1) is 14.4. The topological polar surface area (TPSA) is 93.7 Å². The summed E-state index contributed by atoms with van der Waals surface area (Å²) in [5, 5.41) is 4.53. The van der Waals surface area contributed by atoms with Crippen molar-refractivity contribution in [3.8, 4) is 11.5 Å². The third-order valence-electron chi connectivity index (χ3n) is 4.30. The molecule has 7 nitrogen and oxygen atoms in total. The Balaban J connectivity index is 1.63. The Morgan fingerprint density at radius 2 is 1.87 bits per heavy atom. The van der Waals surface area contributed by atoms with Crippen molar-refractivity contribution >= 4 is 33.0 Å². The van der Waals surface area contributed by atoms with Crippen LogP contribution < -0.4 is 19.5 Å². The molecule has 158 valence electrons. The zero-order chi connectivity index (χ0) is 21.6. The van der Waals surface area contributed by atoms with Crippen LogP contribution in [0.5, 0.6) is 11.5 Å². The van der Waals surface area contributed by atoms with Gasteiger partial charge in [0.2, 0.25) is 0 Å². The molecule has 3 rings (SSSR count). The lowest BCUT2D eigenvalue weighted by atomic mass is 10.1. The van der Waals surface area contributed by atoms with Gasteiger partial charge in [0, 0.05) is 17.8 Å². The molecule has 9 heteroatoms. The molecular formula is C21H22N2O5S2. The highest BCUT2D eigenvalue weighted by Gasteiger charge is 2.16. The smallest absolute Gasteiger partial charge is 0.271 e. The van der Waals surface area contributed by atoms with Gasteiger partial charge in [-0.25, -0.2) is 8.42 Å². The van der Waals surface area contributed by atoms with E-state index < -0.39 is 10.0 Å². The van der Waals surface area contributed by atoms with Crippen LogP contribution in [0.25, 0.3) is 0 Å². The van der Waals surface area contributed by atoms with Crippen LogP contribution in [0.3, 0.4) is 0 Å². The van der Waals surface area contributed by atoms with Gasteiger partial charge in [-0.2, -0.15) is 0 Å². The van der Waals surface area contributed by atoms with Crippen LogP contribution >= 0.6 is 11.3 Å². The third-order valence-corrected chi connectivity index (χ3v) is 7.08. The number of sulfonamides is 1. The van der Waals surface area contributed by atoms with E-state index in [0.717, 1.165) is 22.6 Å². The quantitative estimate of drug-likeness (QED) is 0.524. The first kappa shape index (κ1) is 21.7. The molecule has 30 heavy (non-hydrogen) atoms. The molecule has 2 N–H and O–H groups in total. The van der Waals surface area contributed by atoms with Crippen LogP contribution in [0.1, 0.15) is 15.9 Å². The van der Waals surface area contributed by atoms with E-state index in [9.17, 15) is 13.2 Å². The zero-order valence-corrected chi connectivity index (χ0v) is 18.2. The molecule has 0 fully saturated rings. The maximum atomic E-state index is 12.5. The van der Waals surface area contributed by atoms with E-state index in [2.05, 4.69) is 10.0 Å². The first-order valence-electron chi connectivity index (χ1n) is 9.08. The Kier molecular flexibility index (Phi) is 6.96. The van der Waals surface area contributed by atoms with Crippen LogP contribution in [-0.4, -0.2) is 35.1 Å². The largest absolute Gasteiger partial charge is 0.497 e. The number of anilines is 1. The Hall–Kier alpha value is -3.04. The number of nitrogens with one attached hydrogen (secondary N) is 2. The fourth-order valence-electron chi connectivity index (χ4n) is 2.84. The average Bonchev–Trinajstić information content (AvgIpc) is 3.29. The maximum absolute atomic E-state index is 12.5. The van der Waals surface area contributed by atoms with Crippen molar-refractivity contribution in [1.82, 2.24) is 5.32 Å². The van der Waals surface area contributed by atoms with Crippen LogP contribution in [-0.2, 0) is 16.4 Å². The lowest BCUT2D eigenvalue weighted by Crippen LogP contribution is -2.26. The van der Waals surface area contributed by atoms with Gasteiger partial charge in [-0.15, -0.1) is 11.3 Å². The normalized spacial score (nSPS) is 11.0. The molecule has 1 aromatic heterocycles. The van der Waals surface area contributed by atoms with Gasteiger partial charge in [0.25, 0.3) is 15.9 Å². The summed E-state index contributed by atoms with van der Waals surface area (Å²) in [7, 11) is -0.488. The van der Waals surface area contributed by atoms with Gasteiger partial charge in [-0.1, -0.05) is 12.1 Å². The molecule has 0 atom stereocenters. The molecule has 0 aliphatic heterocycles. The minimum Gasteiger partial charge on any atom is -0.497 e. The van der Waals surface area contributed by atoms with Crippen LogP contribution in [0.15, 0.2) is 64.2 Å². The molecule has 1 amide bonds. The minimum absolute atomic E-state index is 0.213. The van der Waals surface area contributed by atoms with Crippen LogP contribution in [0, 0.1) is 0 Å². The average molecular weight is 447 g/mol. The van der Waals surface area contributed by atoms with Crippen molar-refractivity contribution in [1.29, 1.82) is 0 Å². The summed E-state index contributed by atoms with van der Waals surface area (Å²) in [6.45, 7) is 0.382. The first-order valence-corrected chi connectivity index (χ1v) is 11.4. The third kappa shape index (κ3) is 5.31. The molecule has 2 aromatic carbocycles. The number of thiophene rings is 1. The van der Waals surface area contributed by atoms with Crippen molar-refractivity contribution in [2.75, 3.05) is 25.5 Å². The number of rotatable bonds is 9. The molecule has 0 bridgehead atoms. The van der Waals surface area contributed by atoms with Crippen molar-refractivity contribution in [2.24, 2.45) is 0 Å². The SMILES string of the molecule is COc1ccc(OC)c(CCNC(=O)c2cccc(NS(=O)(=O)c3cccs3)c2)c1. The van der Waals surface area contributed by atoms with Crippen LogP contribution in [0.4, 0.5) is 5.69 Å². The number of benzene rings is 2. The Morgan fingerprint density at radius 1 is 1.03 bits per heavy atom. The molecular weight excluding hydrogens is 424 g/mol. The van der Waals surface area contributed by atoms with E-state index in [1.165, 1.54) is 12.1 Å². The predicted octanol–water partition coefficient (Wildman–Crippen LogP) is 3.54. The van der Waals surface area contributed by atoms with E-state index in [1.54, 1.807) is 43.9 Å². The van der Waals surface area contributed by atoms with E-state index in [1.807, 2.05) is 18.2 Å². The van der Waals surface area contributed by atoms with Crippen molar-refractivity contribution < 1.29 is 22.7 Å². The Morgan fingerprint density at radius 3 is 2.57 bits per heavy atom. The highest BCUT2D eigenvalue weighted by atomic mass is 32.2. The second-order valence-electron chi connectivity index (χ2n) is 6.30. The molecule has 3 aromatic rings. The number of hydrogen-bond acceptors (Lipinski definition) is 6. The van der Waals surface area contributed by atoms with Gasteiger partial charge in [0.1, 0.15) is 15.7 Å². The Bertz CT molecular complexity index is 1110. The van der Waals surface area contributed by atoms with E-state index in [0.29, 0.717) is 30.0 Å². The van der Waals surface area contributed by atoms with Crippen molar-refractivity contribution in [2.45, 2.75) is 10.6 Å². The summed E-state index contributed by atoms with van der Waals surface area (Å²) in [6, 6.07) is 15.1. The summed E-state index contributed by atoms with van der Waals surface area (Å²) < 4.78 is 38.0. The molecule has 0 aliphatic rings. The molecule has 0 aliphatic carbocycles. The van der Waals surface area contributed by atoms with Gasteiger partial charge in [0.15, 0.2) is 0 Å². The number of methoxy groups -OCH3 is 2. The number of carbonyl (C=O) groups excluding carboxylic acids is 1. The summed E-state index contributed by atoms with van der Waals surface area (Å²) in [5.74, 6) is 1.13. The summed E-state index contributed by atoms with van der Waals surface area (Å²) in [5.41, 5.74) is 1.60. The molecule has 0 radical (unpaired) electrons. The lowest BCUT2D eigenvalue weighted by molar-refractivity contribution is 0.0954. The molecule has 0 unspecified atom stereocenters. The number of carbonyl (C=O) groups is 1. The van der Waals surface area contributed by atoms with Crippen LogP contribution in [0.2, 0.25) is 0 Å². The fraction of sp³-hybridized carbons (Fsp3) is 0.190. The minimum atomic E-state index is -3.67. The monoisotopic (exact) mass is 446 g/mol. The van der Waals surface area contributed by atoms with Crippen molar-refractivity contribution in [3.05, 3.63) is 71.1 Å². The van der Waals surface area contributed by atoms with Gasteiger partial charge in [-0.05, 0) is 59.8 Å².